The van der Waals surface area contributed by atoms with E-state index in [9.17, 15) is 33.5 Å². The summed E-state index contributed by atoms with van der Waals surface area (Å²) in [6.07, 6.45) is 4.85. The summed E-state index contributed by atoms with van der Waals surface area (Å²) in [6, 6.07) is 1.86. The molecule has 0 radical (unpaired) electrons. The standard InChI is InChI=1S/C35H47FN4O9/c1-34(2,3)49-32(45)37-26-14-9-7-5-6-8-11-21-18-35(21,31(43)44)38-29(41)27-17-22(19-40(27)30(26)42)48-33(46)39-16-15-23-24(28(39)20-47-4)12-10-13-25(23)36/h8,10-13,21-22,26-28H,5-7,9,14-20H2,1-4H3,(H,37,45)(H,38,41)(H,43,44)/b11-8-/t21-,22+,26-,27-,28?,35+/m0/s1. The van der Waals surface area contributed by atoms with Crippen LogP contribution in [0.3, 0.4) is 0 Å². The molecule has 49 heavy (non-hydrogen) atoms. The largest absolute Gasteiger partial charge is 0.479 e. The van der Waals surface area contributed by atoms with Crippen LogP contribution in [-0.4, -0.2) is 101 Å². The number of carbonyl (C=O) groups is 5. The lowest BCUT2D eigenvalue weighted by Crippen LogP contribution is -2.56. The number of halogens is 1. The van der Waals surface area contributed by atoms with E-state index in [0.717, 1.165) is 12.8 Å². The zero-order valence-electron chi connectivity index (χ0n) is 28.5. The SMILES string of the molecule is COCC1c2cccc(F)c2CCN1C(=O)O[C@@H]1C[C@H]2C(=O)N[C@]3(C(=O)O)C[C@@H]3/C=C\CCCCC[C@H](NC(=O)OC(C)(C)C)C(=O)N2C1. The smallest absolute Gasteiger partial charge is 0.410 e. The molecular weight excluding hydrogens is 639 g/mol. The lowest BCUT2D eigenvalue weighted by atomic mass is 9.93. The molecule has 0 spiro atoms. The fourth-order valence-electron chi connectivity index (χ4n) is 7.07. The van der Waals surface area contributed by atoms with Crippen molar-refractivity contribution in [3.63, 3.8) is 0 Å². The number of amides is 4. The number of carboxylic acid groups (broad SMARTS) is 1. The summed E-state index contributed by atoms with van der Waals surface area (Å²) in [5.41, 5.74) is -1.20. The highest BCUT2D eigenvalue weighted by atomic mass is 19.1. The zero-order valence-corrected chi connectivity index (χ0v) is 28.5. The van der Waals surface area contributed by atoms with Crippen LogP contribution in [0.15, 0.2) is 30.4 Å². The first-order chi connectivity index (χ1) is 23.2. The van der Waals surface area contributed by atoms with E-state index in [1.54, 1.807) is 32.9 Å². The van der Waals surface area contributed by atoms with Crippen LogP contribution in [0.2, 0.25) is 0 Å². The van der Waals surface area contributed by atoms with Crippen molar-refractivity contribution in [1.29, 1.82) is 0 Å². The van der Waals surface area contributed by atoms with E-state index in [0.29, 0.717) is 24.0 Å². The molecule has 4 amide bonds. The first-order valence-electron chi connectivity index (χ1n) is 17.0. The Morgan fingerprint density at radius 2 is 1.94 bits per heavy atom. The maximum atomic E-state index is 14.6. The van der Waals surface area contributed by atoms with Gasteiger partial charge in [-0.25, -0.2) is 18.8 Å². The molecule has 5 rings (SSSR count). The Labute approximate surface area is 285 Å². The average Bonchev–Trinajstić information content (AvgIpc) is 3.56. The molecule has 6 atom stereocenters. The van der Waals surface area contributed by atoms with Gasteiger partial charge in [-0.2, -0.15) is 0 Å². The van der Waals surface area contributed by atoms with Gasteiger partial charge in [0, 0.05) is 26.0 Å². The zero-order chi connectivity index (χ0) is 35.5. The topological polar surface area (TPSA) is 164 Å². The number of nitrogens with zero attached hydrogens (tertiary/aromatic N) is 2. The van der Waals surface area contributed by atoms with Crippen molar-refractivity contribution in [2.24, 2.45) is 5.92 Å². The predicted octanol–water partition coefficient (Wildman–Crippen LogP) is 3.85. The molecule has 0 aromatic heterocycles. The van der Waals surface area contributed by atoms with Crippen molar-refractivity contribution in [3.05, 3.63) is 47.3 Å². The van der Waals surface area contributed by atoms with E-state index in [1.807, 2.05) is 12.2 Å². The third-order valence-corrected chi connectivity index (χ3v) is 9.63. The lowest BCUT2D eigenvalue weighted by molar-refractivity contribution is -0.145. The van der Waals surface area contributed by atoms with Crippen molar-refractivity contribution in [1.82, 2.24) is 20.4 Å². The minimum Gasteiger partial charge on any atom is -0.479 e. The summed E-state index contributed by atoms with van der Waals surface area (Å²) in [4.78, 5) is 69.7. The van der Waals surface area contributed by atoms with Gasteiger partial charge in [0.25, 0.3) is 0 Å². The molecule has 14 heteroatoms. The normalized spacial score (nSPS) is 29.6. The Kier molecular flexibility index (Phi) is 10.9. The number of allylic oxidation sites excluding steroid dienone is 1. The maximum Gasteiger partial charge on any atom is 0.410 e. The number of rotatable bonds is 5. The van der Waals surface area contributed by atoms with Crippen molar-refractivity contribution in [2.75, 3.05) is 26.8 Å². The number of aliphatic carboxylic acids is 1. The van der Waals surface area contributed by atoms with Crippen molar-refractivity contribution in [3.8, 4) is 0 Å². The van der Waals surface area contributed by atoms with Gasteiger partial charge in [0.2, 0.25) is 11.8 Å². The van der Waals surface area contributed by atoms with Crippen LogP contribution in [0.4, 0.5) is 14.0 Å². The average molecular weight is 687 g/mol. The minimum atomic E-state index is -1.50. The van der Waals surface area contributed by atoms with Gasteiger partial charge in [0.1, 0.15) is 35.1 Å². The fourth-order valence-corrected chi connectivity index (χ4v) is 7.07. The van der Waals surface area contributed by atoms with E-state index in [2.05, 4.69) is 10.6 Å². The first kappa shape index (κ1) is 36.1. The van der Waals surface area contributed by atoms with Gasteiger partial charge in [-0.3, -0.25) is 14.5 Å². The highest BCUT2D eigenvalue weighted by Gasteiger charge is 2.61. The molecule has 1 aromatic carbocycles. The summed E-state index contributed by atoms with van der Waals surface area (Å²) < 4.78 is 31.3. The molecule has 1 aromatic rings. The number of methoxy groups -OCH3 is 1. The molecule has 1 saturated carbocycles. The van der Waals surface area contributed by atoms with Crippen LogP contribution in [0.5, 0.6) is 0 Å². The number of hydrogen-bond donors (Lipinski definition) is 3. The Balaban J connectivity index is 1.40. The van der Waals surface area contributed by atoms with Gasteiger partial charge in [-0.15, -0.1) is 0 Å². The van der Waals surface area contributed by atoms with Gasteiger partial charge in [0.15, 0.2) is 0 Å². The molecule has 0 bridgehead atoms. The summed E-state index contributed by atoms with van der Waals surface area (Å²) in [7, 11) is 1.48. The number of benzene rings is 1. The monoisotopic (exact) mass is 686 g/mol. The second-order valence-corrected chi connectivity index (χ2v) is 14.3. The molecule has 1 saturated heterocycles. The highest BCUT2D eigenvalue weighted by Crippen LogP contribution is 2.45. The lowest BCUT2D eigenvalue weighted by Gasteiger charge is -2.36. The molecule has 3 heterocycles. The number of nitrogens with one attached hydrogen (secondary N) is 2. The number of carboxylic acids is 1. The van der Waals surface area contributed by atoms with E-state index in [1.165, 1.54) is 23.0 Å². The van der Waals surface area contributed by atoms with Gasteiger partial charge in [0.05, 0.1) is 19.2 Å². The van der Waals surface area contributed by atoms with Gasteiger partial charge in [-0.05, 0) is 70.1 Å². The number of hydrogen-bond acceptors (Lipinski definition) is 8. The van der Waals surface area contributed by atoms with E-state index in [-0.39, 0.29) is 51.2 Å². The number of alkyl carbamates (subject to hydrolysis) is 1. The number of carbonyl (C=O) groups excluding carboxylic acids is 4. The minimum absolute atomic E-state index is 0.0906. The Morgan fingerprint density at radius 3 is 2.65 bits per heavy atom. The molecule has 3 aliphatic heterocycles. The molecule has 268 valence electrons. The van der Waals surface area contributed by atoms with E-state index >= 15 is 0 Å². The number of fused-ring (bicyclic) bond motifs is 3. The third kappa shape index (κ3) is 8.17. The summed E-state index contributed by atoms with van der Waals surface area (Å²) in [6.45, 7) is 5.21. The molecule has 1 unspecified atom stereocenters. The van der Waals surface area contributed by atoms with Crippen molar-refractivity contribution >= 4 is 30.0 Å². The summed E-state index contributed by atoms with van der Waals surface area (Å²) in [5.74, 6) is -3.18. The van der Waals surface area contributed by atoms with E-state index < -0.39 is 71.3 Å². The Bertz CT molecular complexity index is 1480. The molecule has 1 aliphatic carbocycles. The van der Waals surface area contributed by atoms with Crippen LogP contribution in [0.1, 0.15) is 82.9 Å². The van der Waals surface area contributed by atoms with Crippen LogP contribution >= 0.6 is 0 Å². The Hall–Kier alpha value is -4.20. The molecule has 4 aliphatic rings. The van der Waals surface area contributed by atoms with Crippen molar-refractivity contribution < 1.29 is 47.7 Å². The predicted molar refractivity (Wildman–Crippen MR) is 174 cm³/mol. The van der Waals surface area contributed by atoms with Crippen molar-refractivity contribution in [2.45, 2.75) is 108 Å². The first-order valence-corrected chi connectivity index (χ1v) is 17.0. The van der Waals surface area contributed by atoms with Crippen LogP contribution in [0.25, 0.3) is 0 Å². The maximum absolute atomic E-state index is 14.6. The quantitative estimate of drug-likeness (QED) is 0.391. The summed E-state index contributed by atoms with van der Waals surface area (Å²) in [5, 5.41) is 15.5. The number of ether oxygens (including phenoxy) is 3. The fraction of sp³-hybridized carbons (Fsp3) is 0.629. The molecule has 13 nitrogen and oxygen atoms in total. The van der Waals surface area contributed by atoms with Gasteiger partial charge < -0.3 is 34.9 Å². The van der Waals surface area contributed by atoms with Gasteiger partial charge >= 0.3 is 18.2 Å². The second kappa shape index (κ2) is 14.7. The van der Waals surface area contributed by atoms with Crippen LogP contribution in [0, 0.1) is 11.7 Å². The van der Waals surface area contributed by atoms with E-state index in [4.69, 9.17) is 14.2 Å². The highest BCUT2D eigenvalue weighted by molar-refractivity contribution is 5.96. The van der Waals surface area contributed by atoms with Crippen LogP contribution < -0.4 is 10.6 Å². The Morgan fingerprint density at radius 1 is 1.16 bits per heavy atom. The third-order valence-electron chi connectivity index (χ3n) is 9.63. The molecule has 3 N–H and O–H groups in total. The summed E-state index contributed by atoms with van der Waals surface area (Å²) >= 11 is 0. The van der Waals surface area contributed by atoms with Crippen LogP contribution in [-0.2, 0) is 35.0 Å². The molecule has 2 fully saturated rings. The molecular formula is C35H47FN4O9. The van der Waals surface area contributed by atoms with Gasteiger partial charge in [-0.1, -0.05) is 37.1 Å². The second-order valence-electron chi connectivity index (χ2n) is 14.3.